The van der Waals surface area contributed by atoms with Gasteiger partial charge < -0.3 is 14.7 Å². The lowest BCUT2D eigenvalue weighted by Gasteiger charge is -2.31. The van der Waals surface area contributed by atoms with Crippen LogP contribution in [0.25, 0.3) is 0 Å². The number of carbonyl (C=O) groups is 2. The number of rotatable bonds is 5. The molecule has 0 aromatic heterocycles. The summed E-state index contributed by atoms with van der Waals surface area (Å²) in [4.78, 5) is 26.1. The van der Waals surface area contributed by atoms with Crippen LogP contribution >= 0.6 is 0 Å². The van der Waals surface area contributed by atoms with Gasteiger partial charge in [-0.3, -0.25) is 4.79 Å². The van der Waals surface area contributed by atoms with E-state index in [4.69, 9.17) is 4.74 Å². The number of hydrogen-bond acceptors (Lipinski definition) is 3. The highest BCUT2D eigenvalue weighted by molar-refractivity contribution is 5.90. The van der Waals surface area contributed by atoms with Crippen molar-refractivity contribution < 1.29 is 19.4 Å². The van der Waals surface area contributed by atoms with E-state index in [0.717, 1.165) is 11.1 Å². The van der Waals surface area contributed by atoms with Gasteiger partial charge in [0.05, 0.1) is 19.1 Å². The molecule has 0 bridgehead atoms. The van der Waals surface area contributed by atoms with Crippen molar-refractivity contribution in [2.75, 3.05) is 13.7 Å². The van der Waals surface area contributed by atoms with Crippen LogP contribution in [0.4, 0.5) is 0 Å². The number of amides is 1. The summed E-state index contributed by atoms with van der Waals surface area (Å²) < 4.78 is 5.37. The molecule has 1 heterocycles. The standard InChI is InChI=1S/C22H25NO4/c1-14(2)16-6-4-15(5-7-16)12-21(24)23-11-10-17-19(13-23)18(22(25)26)8-9-20(17)27-3/h4-9,14H,10-13H2,1-3H3,(H,25,26). The highest BCUT2D eigenvalue weighted by atomic mass is 16.5. The Bertz CT molecular complexity index is 855. The number of carboxylic acids is 1. The van der Waals surface area contributed by atoms with Gasteiger partial charge in [-0.05, 0) is 41.2 Å². The number of ether oxygens (including phenoxy) is 1. The first kappa shape index (κ1) is 19.0. The number of nitrogens with zero attached hydrogens (tertiary/aromatic N) is 1. The van der Waals surface area contributed by atoms with Gasteiger partial charge in [0, 0.05) is 18.7 Å². The Morgan fingerprint density at radius 1 is 1.11 bits per heavy atom. The zero-order chi connectivity index (χ0) is 19.6. The molecule has 2 aromatic carbocycles. The van der Waals surface area contributed by atoms with Gasteiger partial charge in [-0.25, -0.2) is 4.79 Å². The molecule has 0 atom stereocenters. The number of carboxylic acid groups (broad SMARTS) is 1. The predicted molar refractivity (Wildman–Crippen MR) is 103 cm³/mol. The number of hydrogen-bond donors (Lipinski definition) is 1. The van der Waals surface area contributed by atoms with Crippen LogP contribution in [-0.4, -0.2) is 35.5 Å². The monoisotopic (exact) mass is 367 g/mol. The first-order valence-corrected chi connectivity index (χ1v) is 9.19. The van der Waals surface area contributed by atoms with E-state index in [1.807, 2.05) is 12.1 Å². The van der Waals surface area contributed by atoms with Crippen LogP contribution in [0.1, 0.15) is 52.4 Å². The van der Waals surface area contributed by atoms with E-state index in [9.17, 15) is 14.7 Å². The van der Waals surface area contributed by atoms with Crippen molar-refractivity contribution in [3.05, 3.63) is 64.2 Å². The van der Waals surface area contributed by atoms with Crippen molar-refractivity contribution in [2.24, 2.45) is 0 Å². The average Bonchev–Trinajstić information content (AvgIpc) is 2.66. The molecule has 0 spiro atoms. The normalized spacial score (nSPS) is 13.4. The van der Waals surface area contributed by atoms with Gasteiger partial charge in [0.1, 0.15) is 5.75 Å². The minimum absolute atomic E-state index is 0.0112. The largest absolute Gasteiger partial charge is 0.496 e. The Labute approximate surface area is 159 Å². The summed E-state index contributed by atoms with van der Waals surface area (Å²) in [5.74, 6) is 0.175. The van der Waals surface area contributed by atoms with Crippen LogP contribution in [0, 0.1) is 0 Å². The molecule has 0 aliphatic carbocycles. The van der Waals surface area contributed by atoms with E-state index >= 15 is 0 Å². The second-order valence-corrected chi connectivity index (χ2v) is 7.22. The summed E-state index contributed by atoms with van der Waals surface area (Å²) in [7, 11) is 1.58. The number of aromatic carboxylic acids is 1. The Morgan fingerprint density at radius 2 is 1.81 bits per heavy atom. The third-order valence-corrected chi connectivity index (χ3v) is 5.17. The summed E-state index contributed by atoms with van der Waals surface area (Å²) in [5.41, 5.74) is 4.03. The SMILES string of the molecule is COc1ccc(C(=O)O)c2c1CCN(C(=O)Cc1ccc(C(C)C)cc1)C2. The lowest BCUT2D eigenvalue weighted by molar-refractivity contribution is -0.131. The van der Waals surface area contributed by atoms with Crippen LogP contribution < -0.4 is 4.74 Å². The first-order valence-electron chi connectivity index (χ1n) is 9.19. The third-order valence-electron chi connectivity index (χ3n) is 5.17. The van der Waals surface area contributed by atoms with E-state index in [1.165, 1.54) is 5.56 Å². The molecule has 0 unspecified atom stereocenters. The number of carbonyl (C=O) groups excluding carboxylic acids is 1. The highest BCUT2D eigenvalue weighted by Crippen LogP contribution is 2.31. The van der Waals surface area contributed by atoms with Crippen molar-refractivity contribution in [1.82, 2.24) is 4.90 Å². The quantitative estimate of drug-likeness (QED) is 0.876. The van der Waals surface area contributed by atoms with Gasteiger partial charge in [0.15, 0.2) is 0 Å². The molecule has 2 aromatic rings. The molecule has 0 fully saturated rings. The summed E-state index contributed by atoms with van der Waals surface area (Å²) >= 11 is 0. The van der Waals surface area contributed by atoms with Crippen molar-refractivity contribution in [3.63, 3.8) is 0 Å². The number of methoxy groups -OCH3 is 1. The van der Waals surface area contributed by atoms with Crippen molar-refractivity contribution in [3.8, 4) is 5.75 Å². The molecule has 1 N–H and O–H groups in total. The van der Waals surface area contributed by atoms with Crippen LogP contribution in [0.2, 0.25) is 0 Å². The lowest BCUT2D eigenvalue weighted by atomic mass is 9.93. The molecule has 1 aliphatic heterocycles. The zero-order valence-corrected chi connectivity index (χ0v) is 16.0. The Hall–Kier alpha value is -2.82. The van der Waals surface area contributed by atoms with Crippen LogP contribution in [0.5, 0.6) is 5.75 Å². The molecule has 142 valence electrons. The second-order valence-electron chi connectivity index (χ2n) is 7.22. The molecule has 0 saturated carbocycles. The summed E-state index contributed by atoms with van der Waals surface area (Å²) in [6.45, 7) is 5.14. The minimum atomic E-state index is -0.979. The summed E-state index contributed by atoms with van der Waals surface area (Å²) in [5, 5.41) is 9.49. The van der Waals surface area contributed by atoms with Crippen molar-refractivity contribution >= 4 is 11.9 Å². The maximum absolute atomic E-state index is 12.8. The molecule has 1 aliphatic rings. The Morgan fingerprint density at radius 3 is 2.41 bits per heavy atom. The highest BCUT2D eigenvalue weighted by Gasteiger charge is 2.27. The molecule has 0 saturated heterocycles. The maximum atomic E-state index is 12.8. The molecular weight excluding hydrogens is 342 g/mol. The molecule has 1 amide bonds. The first-order chi connectivity index (χ1) is 12.9. The molecule has 3 rings (SSSR count). The lowest BCUT2D eigenvalue weighted by Crippen LogP contribution is -2.37. The van der Waals surface area contributed by atoms with E-state index < -0.39 is 5.97 Å². The Balaban J connectivity index is 1.78. The molecule has 5 heteroatoms. The smallest absolute Gasteiger partial charge is 0.336 e. The molecule has 5 nitrogen and oxygen atoms in total. The van der Waals surface area contributed by atoms with E-state index in [-0.39, 0.29) is 11.5 Å². The van der Waals surface area contributed by atoms with Gasteiger partial charge in [0.25, 0.3) is 0 Å². The van der Waals surface area contributed by atoms with Gasteiger partial charge in [-0.1, -0.05) is 38.1 Å². The zero-order valence-electron chi connectivity index (χ0n) is 16.0. The van der Waals surface area contributed by atoms with Gasteiger partial charge in [0.2, 0.25) is 5.91 Å². The van der Waals surface area contributed by atoms with Gasteiger partial charge in [-0.15, -0.1) is 0 Å². The molecular formula is C22H25NO4. The summed E-state index contributed by atoms with van der Waals surface area (Å²) in [6, 6.07) is 11.4. The minimum Gasteiger partial charge on any atom is -0.496 e. The van der Waals surface area contributed by atoms with E-state index in [0.29, 0.717) is 43.2 Å². The average molecular weight is 367 g/mol. The molecule has 27 heavy (non-hydrogen) atoms. The predicted octanol–water partition coefficient (Wildman–Crippen LogP) is 3.64. The van der Waals surface area contributed by atoms with Crippen molar-refractivity contribution in [1.29, 1.82) is 0 Å². The number of benzene rings is 2. The fourth-order valence-electron chi connectivity index (χ4n) is 3.55. The molecule has 0 radical (unpaired) electrons. The Kier molecular flexibility index (Phi) is 5.49. The van der Waals surface area contributed by atoms with Crippen LogP contribution in [0.3, 0.4) is 0 Å². The van der Waals surface area contributed by atoms with Crippen molar-refractivity contribution in [2.45, 2.75) is 39.2 Å². The fraction of sp³-hybridized carbons (Fsp3) is 0.364. The topological polar surface area (TPSA) is 66.8 Å². The van der Waals surface area contributed by atoms with Gasteiger partial charge in [-0.2, -0.15) is 0 Å². The van der Waals surface area contributed by atoms with E-state index in [2.05, 4.69) is 26.0 Å². The maximum Gasteiger partial charge on any atom is 0.336 e. The van der Waals surface area contributed by atoms with Gasteiger partial charge >= 0.3 is 5.97 Å². The van der Waals surface area contributed by atoms with Crippen LogP contribution in [0.15, 0.2) is 36.4 Å². The number of fused-ring (bicyclic) bond motifs is 1. The van der Waals surface area contributed by atoms with Crippen LogP contribution in [-0.2, 0) is 24.2 Å². The second kappa shape index (κ2) is 7.82. The summed E-state index contributed by atoms with van der Waals surface area (Å²) in [6.07, 6.45) is 0.914. The third kappa shape index (κ3) is 3.97. The fourth-order valence-corrected chi connectivity index (χ4v) is 3.55. The van der Waals surface area contributed by atoms with E-state index in [1.54, 1.807) is 24.1 Å².